The van der Waals surface area contributed by atoms with Crippen LogP contribution < -0.4 is 0 Å². The van der Waals surface area contributed by atoms with Crippen molar-refractivity contribution in [2.75, 3.05) is 6.54 Å². The molecule has 6 rings (SSSR count). The Bertz CT molecular complexity index is 1440. The maximum absolute atomic E-state index is 13.4. The van der Waals surface area contributed by atoms with E-state index in [0.717, 1.165) is 54.1 Å². The van der Waals surface area contributed by atoms with Gasteiger partial charge in [-0.2, -0.15) is 0 Å². The van der Waals surface area contributed by atoms with Gasteiger partial charge in [-0.3, -0.25) is 9.20 Å². The number of carbonyl (C=O) groups excluding carboxylic acids is 1. The summed E-state index contributed by atoms with van der Waals surface area (Å²) in [4.78, 5) is 21.3. The van der Waals surface area contributed by atoms with Crippen LogP contribution in [0.3, 0.4) is 0 Å². The van der Waals surface area contributed by atoms with Crippen molar-refractivity contribution in [1.82, 2.24) is 14.3 Å². The number of nitrogens with zero attached hydrogens (tertiary/aromatic N) is 3. The number of hydrogen-bond acceptors (Lipinski definition) is 4. The number of fused-ring (bicyclic) bond motifs is 2. The number of imidazole rings is 1. The molecule has 0 unspecified atom stereocenters. The molecule has 0 N–H and O–H groups in total. The molecule has 5 aromatic rings. The zero-order valence-electron chi connectivity index (χ0n) is 19.7. The van der Waals surface area contributed by atoms with E-state index in [1.165, 1.54) is 22.9 Å². The zero-order valence-corrected chi connectivity index (χ0v) is 20.5. The van der Waals surface area contributed by atoms with E-state index in [1.54, 1.807) is 17.6 Å². The first-order chi connectivity index (χ1) is 17.2. The Morgan fingerprint density at radius 3 is 2.74 bits per heavy atom. The molecule has 2 aromatic carbocycles. The highest BCUT2D eigenvalue weighted by molar-refractivity contribution is 7.15. The van der Waals surface area contributed by atoms with E-state index in [-0.39, 0.29) is 11.8 Å². The van der Waals surface area contributed by atoms with Gasteiger partial charge >= 0.3 is 0 Å². The number of carbonyl (C=O) groups is 1. The van der Waals surface area contributed by atoms with Crippen molar-refractivity contribution in [3.63, 3.8) is 0 Å². The second-order valence-electron chi connectivity index (χ2n) is 9.49. The molecule has 3 aromatic heterocycles. The molecule has 3 heterocycles. The minimum Gasteiger partial charge on any atom is -0.467 e. The molecule has 6 heteroatoms. The number of aromatic nitrogens is 2. The molecular weight excluding hydrogens is 454 g/mol. The maximum Gasteiger partial charge on any atom is 0.226 e. The lowest BCUT2D eigenvalue weighted by Gasteiger charge is -2.29. The normalized spacial score (nSPS) is 14.6. The van der Waals surface area contributed by atoms with Crippen LogP contribution in [0.25, 0.3) is 27.0 Å². The molecule has 0 radical (unpaired) electrons. The Morgan fingerprint density at radius 2 is 1.91 bits per heavy atom. The summed E-state index contributed by atoms with van der Waals surface area (Å²) in [5.41, 5.74) is 3.29. The average Bonchev–Trinajstić information content (AvgIpc) is 3.65. The molecule has 5 nitrogen and oxygen atoms in total. The van der Waals surface area contributed by atoms with E-state index in [4.69, 9.17) is 9.40 Å². The zero-order chi connectivity index (χ0) is 23.6. The Hall–Kier alpha value is -3.38. The van der Waals surface area contributed by atoms with Crippen LogP contribution >= 0.6 is 11.3 Å². The van der Waals surface area contributed by atoms with Crippen molar-refractivity contribution in [2.24, 2.45) is 5.92 Å². The third kappa shape index (κ3) is 4.63. The smallest absolute Gasteiger partial charge is 0.226 e. The van der Waals surface area contributed by atoms with Gasteiger partial charge in [-0.1, -0.05) is 55.7 Å². The van der Waals surface area contributed by atoms with Crippen LogP contribution in [-0.2, 0) is 17.8 Å². The molecule has 35 heavy (non-hydrogen) atoms. The third-order valence-electron chi connectivity index (χ3n) is 7.16. The van der Waals surface area contributed by atoms with Crippen LogP contribution in [0, 0.1) is 5.92 Å². The van der Waals surface area contributed by atoms with E-state index >= 15 is 0 Å². The molecule has 1 saturated carbocycles. The van der Waals surface area contributed by atoms with Crippen molar-refractivity contribution in [3.05, 3.63) is 83.9 Å². The highest BCUT2D eigenvalue weighted by Gasteiger charge is 2.26. The molecule has 0 atom stereocenters. The maximum atomic E-state index is 13.4. The monoisotopic (exact) mass is 483 g/mol. The first-order valence-electron chi connectivity index (χ1n) is 12.5. The van der Waals surface area contributed by atoms with Crippen LogP contribution in [0.5, 0.6) is 0 Å². The quantitative estimate of drug-likeness (QED) is 0.251. The van der Waals surface area contributed by atoms with E-state index in [9.17, 15) is 4.79 Å². The second kappa shape index (κ2) is 9.70. The van der Waals surface area contributed by atoms with Gasteiger partial charge in [0.2, 0.25) is 5.91 Å². The van der Waals surface area contributed by atoms with E-state index in [2.05, 4.69) is 58.4 Å². The van der Waals surface area contributed by atoms with E-state index < -0.39 is 0 Å². The van der Waals surface area contributed by atoms with Gasteiger partial charge in [0.1, 0.15) is 5.76 Å². The largest absolute Gasteiger partial charge is 0.467 e. The van der Waals surface area contributed by atoms with E-state index in [0.29, 0.717) is 13.1 Å². The summed E-state index contributed by atoms with van der Waals surface area (Å²) in [5.74, 6) is 1.26. The van der Waals surface area contributed by atoms with Crippen molar-refractivity contribution in [3.8, 4) is 11.3 Å². The first kappa shape index (κ1) is 22.1. The number of benzene rings is 2. The predicted octanol–water partition coefficient (Wildman–Crippen LogP) is 6.96. The summed E-state index contributed by atoms with van der Waals surface area (Å²) >= 11 is 1.66. The highest BCUT2D eigenvalue weighted by Crippen LogP contribution is 2.28. The third-order valence-corrected chi connectivity index (χ3v) is 8.05. The predicted molar refractivity (Wildman–Crippen MR) is 140 cm³/mol. The standard InChI is InChI=1S/C29H29N3O2S/c33-28(22-8-2-1-3-9-22)31(18-26-11-6-16-34-26)15-14-25-20-35-29-30-27(19-32(25)29)24-13-12-21-7-4-5-10-23(21)17-24/h4-7,10-13,16-17,19-20,22H,1-3,8-9,14-15,18H2. The highest BCUT2D eigenvalue weighted by atomic mass is 32.1. The van der Waals surface area contributed by atoms with Crippen LogP contribution in [0.4, 0.5) is 0 Å². The Labute approximate surface area is 209 Å². The van der Waals surface area contributed by atoms with Gasteiger partial charge in [0.25, 0.3) is 0 Å². The van der Waals surface area contributed by atoms with Crippen LogP contribution in [-0.4, -0.2) is 26.7 Å². The summed E-state index contributed by atoms with van der Waals surface area (Å²) < 4.78 is 7.77. The van der Waals surface area contributed by atoms with Gasteiger partial charge in [-0.05, 0) is 41.8 Å². The Kier molecular flexibility index (Phi) is 6.13. The molecule has 0 saturated heterocycles. The van der Waals surface area contributed by atoms with Gasteiger partial charge in [0.15, 0.2) is 4.96 Å². The molecular formula is C29H29N3O2S. The van der Waals surface area contributed by atoms with Gasteiger partial charge < -0.3 is 9.32 Å². The summed E-state index contributed by atoms with van der Waals surface area (Å²) in [5, 5.41) is 4.62. The van der Waals surface area contributed by atoms with Crippen LogP contribution in [0.2, 0.25) is 0 Å². The summed E-state index contributed by atoms with van der Waals surface area (Å²) in [6.07, 6.45) is 10.2. The first-order valence-corrected chi connectivity index (χ1v) is 13.4. The fourth-order valence-corrected chi connectivity index (χ4v) is 6.12. The number of thiazole rings is 1. The lowest BCUT2D eigenvalue weighted by Crippen LogP contribution is -2.38. The second-order valence-corrected chi connectivity index (χ2v) is 10.3. The topological polar surface area (TPSA) is 50.8 Å². The lowest BCUT2D eigenvalue weighted by molar-refractivity contribution is -0.137. The molecule has 0 bridgehead atoms. The van der Waals surface area contributed by atoms with Gasteiger partial charge in [-0.15, -0.1) is 11.3 Å². The summed E-state index contributed by atoms with van der Waals surface area (Å²) in [7, 11) is 0. The SMILES string of the molecule is O=C(C1CCCCC1)N(CCc1csc2nc(-c3ccc4ccccc4c3)cn12)Cc1ccco1. The van der Waals surface area contributed by atoms with Crippen molar-refractivity contribution in [2.45, 2.75) is 45.1 Å². The van der Waals surface area contributed by atoms with Crippen molar-refractivity contribution < 1.29 is 9.21 Å². The number of furan rings is 1. The van der Waals surface area contributed by atoms with Crippen molar-refractivity contribution in [1.29, 1.82) is 0 Å². The Balaban J connectivity index is 1.22. The molecule has 1 amide bonds. The van der Waals surface area contributed by atoms with Crippen molar-refractivity contribution >= 4 is 33.0 Å². The molecule has 1 aliphatic carbocycles. The average molecular weight is 484 g/mol. The van der Waals surface area contributed by atoms with Crippen LogP contribution in [0.1, 0.15) is 43.6 Å². The van der Waals surface area contributed by atoms with Crippen LogP contribution in [0.15, 0.2) is 76.9 Å². The van der Waals surface area contributed by atoms with E-state index in [1.807, 2.05) is 17.0 Å². The van der Waals surface area contributed by atoms with Gasteiger partial charge in [0, 0.05) is 41.7 Å². The van der Waals surface area contributed by atoms with Gasteiger partial charge in [-0.25, -0.2) is 4.98 Å². The molecule has 1 fully saturated rings. The fourth-order valence-electron chi connectivity index (χ4n) is 5.21. The molecule has 0 aliphatic heterocycles. The Morgan fingerprint density at radius 1 is 1.06 bits per heavy atom. The summed E-state index contributed by atoms with van der Waals surface area (Å²) in [6.45, 7) is 1.20. The molecule has 0 spiro atoms. The summed E-state index contributed by atoms with van der Waals surface area (Å²) in [6, 6.07) is 18.7. The number of rotatable bonds is 7. The minimum atomic E-state index is 0.147. The number of hydrogen-bond donors (Lipinski definition) is 0. The lowest BCUT2D eigenvalue weighted by atomic mass is 9.88. The fraction of sp³-hybridized carbons (Fsp3) is 0.310. The number of amides is 1. The minimum absolute atomic E-state index is 0.147. The van der Waals surface area contributed by atoms with Gasteiger partial charge in [0.05, 0.1) is 18.5 Å². The molecule has 178 valence electrons. The molecule has 1 aliphatic rings.